The minimum Gasteiger partial charge on any atom is -0.259 e. The van der Waals surface area contributed by atoms with E-state index in [9.17, 15) is 0 Å². The van der Waals surface area contributed by atoms with Crippen LogP contribution in [0.1, 0.15) is 6.92 Å². The molecule has 0 saturated carbocycles. The average molecular weight is 68.1 g/mol. The molecule has 0 fully saturated rings. The Morgan fingerprint density at radius 3 is 2.20 bits per heavy atom. The molecule has 0 unspecified atom stereocenters. The van der Waals surface area contributed by atoms with Crippen LogP contribution in [-0.4, -0.2) is 5.87 Å². The van der Waals surface area contributed by atoms with E-state index in [-0.39, 0.29) is 0 Å². The lowest BCUT2D eigenvalue weighted by Gasteiger charge is -1.64. The first-order chi connectivity index (χ1) is 2.27. The summed E-state index contributed by atoms with van der Waals surface area (Å²) in [5.74, 6) is 2.08. The maximum Gasteiger partial charge on any atom is -0.0122 e. The Labute approximate surface area is 31.8 Å². The standard InChI is InChI=1S/C4H6N/c1-4(2)3-5/h5H,1H2,2H3. The molecular formula is C4H6N. The number of hydrogen-bond donors (Lipinski definition) is 1. The molecule has 0 saturated heterocycles. The number of nitrogens with one attached hydrogen (secondary N) is 1. The average Bonchev–Trinajstić information content (AvgIpc) is 1.38. The fourth-order valence-corrected chi connectivity index (χ4v) is 0. The number of allylic oxidation sites excluding steroid dienone is 1. The summed E-state index contributed by atoms with van der Waals surface area (Å²) in [6, 6.07) is 0. The molecule has 5 heavy (non-hydrogen) atoms. The summed E-state index contributed by atoms with van der Waals surface area (Å²) in [7, 11) is 0. The van der Waals surface area contributed by atoms with Gasteiger partial charge in [0.2, 0.25) is 0 Å². The van der Waals surface area contributed by atoms with Crippen molar-refractivity contribution >= 4 is 5.87 Å². The summed E-state index contributed by atoms with van der Waals surface area (Å²) < 4.78 is 0. The predicted molar refractivity (Wildman–Crippen MR) is 22.3 cm³/mol. The normalized spacial score (nSPS) is 6.00. The topological polar surface area (TPSA) is 23.9 Å². The summed E-state index contributed by atoms with van der Waals surface area (Å²) in [6.07, 6.45) is 0. The quantitative estimate of drug-likeness (QED) is 0.410. The molecule has 1 N–H and O–H groups in total. The van der Waals surface area contributed by atoms with Crippen molar-refractivity contribution < 1.29 is 0 Å². The van der Waals surface area contributed by atoms with Crippen LogP contribution in [0.5, 0.6) is 0 Å². The lowest BCUT2D eigenvalue weighted by Crippen LogP contribution is -1.56. The molecule has 0 rings (SSSR count). The zero-order valence-electron chi connectivity index (χ0n) is 3.21. The first kappa shape index (κ1) is 4.45. The van der Waals surface area contributed by atoms with Gasteiger partial charge < -0.3 is 0 Å². The van der Waals surface area contributed by atoms with Gasteiger partial charge in [0, 0.05) is 0 Å². The van der Waals surface area contributed by atoms with Gasteiger partial charge in [-0.2, -0.15) is 0 Å². The van der Waals surface area contributed by atoms with Gasteiger partial charge in [-0.25, -0.2) is 0 Å². The third-order valence-corrected chi connectivity index (χ3v) is 0.213. The molecule has 0 amide bonds. The summed E-state index contributed by atoms with van der Waals surface area (Å²) >= 11 is 0. The smallest absolute Gasteiger partial charge is 0.0122 e. The summed E-state index contributed by atoms with van der Waals surface area (Å²) in [5, 5.41) is 6.31. The van der Waals surface area contributed by atoms with Gasteiger partial charge in [0.25, 0.3) is 0 Å². The molecule has 0 aromatic carbocycles. The molecule has 0 aromatic heterocycles. The maximum atomic E-state index is 6.31. The Hall–Kier alpha value is -0.550. The van der Waals surface area contributed by atoms with Gasteiger partial charge >= 0.3 is 0 Å². The molecule has 0 spiro atoms. The predicted octanol–water partition coefficient (Wildman–Crippen LogP) is 1.02. The first-order valence-corrected chi connectivity index (χ1v) is 1.35. The highest BCUT2D eigenvalue weighted by Crippen LogP contribution is 1.71. The zero-order chi connectivity index (χ0) is 4.28. The molecule has 0 aromatic rings. The Balaban J connectivity index is 3.60. The highest BCUT2D eigenvalue weighted by molar-refractivity contribution is 5.54. The Kier molecular flexibility index (Phi) is 1.55. The van der Waals surface area contributed by atoms with Gasteiger partial charge in [0.1, 0.15) is 0 Å². The van der Waals surface area contributed by atoms with Crippen LogP contribution in [0.15, 0.2) is 5.57 Å². The van der Waals surface area contributed by atoms with Crippen molar-refractivity contribution in [1.82, 2.24) is 0 Å². The summed E-state index contributed by atoms with van der Waals surface area (Å²) in [6.45, 7) is 5.10. The molecule has 0 aliphatic carbocycles. The van der Waals surface area contributed by atoms with Crippen molar-refractivity contribution in [2.45, 2.75) is 6.92 Å². The molecule has 0 atom stereocenters. The van der Waals surface area contributed by atoms with E-state index in [1.54, 1.807) is 6.92 Å². The molecular weight excluding hydrogens is 62.1 g/mol. The molecule has 0 aliphatic heterocycles. The molecule has 1 radical (unpaired) electrons. The lowest BCUT2D eigenvalue weighted by molar-refractivity contribution is 1.53. The van der Waals surface area contributed by atoms with Crippen molar-refractivity contribution in [3.63, 3.8) is 0 Å². The lowest BCUT2D eigenvalue weighted by atomic mass is 10.4. The number of rotatable bonds is 0. The highest BCUT2D eigenvalue weighted by atomic mass is 14.3. The van der Waals surface area contributed by atoms with Crippen LogP contribution in [0.2, 0.25) is 0 Å². The fourth-order valence-electron chi connectivity index (χ4n) is 0. The second kappa shape index (κ2) is 1.74. The van der Waals surface area contributed by atoms with Crippen LogP contribution in [0.4, 0.5) is 0 Å². The number of hydrogen-bond acceptors (Lipinski definition) is 1. The Morgan fingerprint density at radius 1 is 2.00 bits per heavy atom. The van der Waals surface area contributed by atoms with E-state index in [1.165, 1.54) is 0 Å². The SMILES string of the molecule is [CH2]C(C)=C=N. The maximum absolute atomic E-state index is 6.31. The fraction of sp³-hybridized carbons (Fsp3) is 0.250. The summed E-state index contributed by atoms with van der Waals surface area (Å²) in [5.41, 5.74) is 0.671. The minimum absolute atomic E-state index is 0.671. The molecule has 0 heterocycles. The van der Waals surface area contributed by atoms with Gasteiger partial charge in [-0.05, 0) is 25.3 Å². The van der Waals surface area contributed by atoms with Crippen molar-refractivity contribution in [3.8, 4) is 0 Å². The van der Waals surface area contributed by atoms with Crippen molar-refractivity contribution in [2.24, 2.45) is 0 Å². The van der Waals surface area contributed by atoms with E-state index < -0.39 is 0 Å². The highest BCUT2D eigenvalue weighted by Gasteiger charge is 1.59. The summed E-state index contributed by atoms with van der Waals surface area (Å²) in [4.78, 5) is 0. The van der Waals surface area contributed by atoms with E-state index in [2.05, 4.69) is 12.8 Å². The van der Waals surface area contributed by atoms with Crippen LogP contribution < -0.4 is 0 Å². The largest absolute Gasteiger partial charge is 0.259 e. The Morgan fingerprint density at radius 2 is 2.20 bits per heavy atom. The first-order valence-electron chi connectivity index (χ1n) is 1.35. The van der Waals surface area contributed by atoms with E-state index in [0.29, 0.717) is 5.57 Å². The van der Waals surface area contributed by atoms with Crippen molar-refractivity contribution in [2.75, 3.05) is 0 Å². The third kappa shape index (κ3) is 3.45. The van der Waals surface area contributed by atoms with Gasteiger partial charge in [0.15, 0.2) is 0 Å². The van der Waals surface area contributed by atoms with E-state index in [0.717, 1.165) is 0 Å². The zero-order valence-corrected chi connectivity index (χ0v) is 3.21. The van der Waals surface area contributed by atoms with Gasteiger partial charge in [-0.15, -0.1) is 0 Å². The van der Waals surface area contributed by atoms with Crippen LogP contribution in [0, 0.1) is 12.3 Å². The third-order valence-electron chi connectivity index (χ3n) is 0.213. The molecule has 0 bridgehead atoms. The van der Waals surface area contributed by atoms with Crippen LogP contribution >= 0.6 is 0 Å². The molecule has 1 heteroatoms. The van der Waals surface area contributed by atoms with Gasteiger partial charge in [0.05, 0.1) is 0 Å². The van der Waals surface area contributed by atoms with Crippen molar-refractivity contribution in [1.29, 1.82) is 5.41 Å². The second-order valence-electron chi connectivity index (χ2n) is 0.905. The molecule has 0 aliphatic rings. The van der Waals surface area contributed by atoms with E-state index >= 15 is 0 Å². The van der Waals surface area contributed by atoms with Crippen LogP contribution in [-0.2, 0) is 0 Å². The molecule has 1 nitrogen and oxygen atoms in total. The minimum atomic E-state index is 0.671. The van der Waals surface area contributed by atoms with E-state index in [1.807, 2.05) is 0 Å². The monoisotopic (exact) mass is 68.1 g/mol. The Bertz CT molecular complexity index is 63.7. The van der Waals surface area contributed by atoms with E-state index in [4.69, 9.17) is 5.41 Å². The van der Waals surface area contributed by atoms with Crippen LogP contribution in [0.3, 0.4) is 0 Å². The van der Waals surface area contributed by atoms with Crippen LogP contribution in [0.25, 0.3) is 0 Å². The molecule has 27 valence electrons. The second-order valence-corrected chi connectivity index (χ2v) is 0.905. The van der Waals surface area contributed by atoms with Gasteiger partial charge in [-0.1, -0.05) is 0 Å². The van der Waals surface area contributed by atoms with Gasteiger partial charge in [-0.3, -0.25) is 5.41 Å². The van der Waals surface area contributed by atoms with Crippen molar-refractivity contribution in [3.05, 3.63) is 12.5 Å².